The lowest BCUT2D eigenvalue weighted by atomic mass is 10.00. The van der Waals surface area contributed by atoms with Crippen molar-refractivity contribution in [3.63, 3.8) is 0 Å². The molecule has 0 aromatic carbocycles. The summed E-state index contributed by atoms with van der Waals surface area (Å²) in [6, 6.07) is 0. The summed E-state index contributed by atoms with van der Waals surface area (Å²) in [6.45, 7) is 1.64. The maximum atomic E-state index is 10.1. The van der Waals surface area contributed by atoms with Gasteiger partial charge in [0.25, 0.3) is 0 Å². The second-order valence-corrected chi connectivity index (χ2v) is 3.72. The number of methoxy groups -OCH3 is 2. The van der Waals surface area contributed by atoms with Crippen molar-refractivity contribution < 1.29 is 14.6 Å². The van der Waals surface area contributed by atoms with E-state index in [0.717, 1.165) is 0 Å². The molecule has 0 spiro atoms. The second-order valence-electron chi connectivity index (χ2n) is 3.72. The first-order valence-electron chi connectivity index (χ1n) is 4.62. The van der Waals surface area contributed by atoms with Gasteiger partial charge < -0.3 is 14.6 Å². The van der Waals surface area contributed by atoms with Crippen LogP contribution in [0.4, 0.5) is 0 Å². The standard InChI is InChI=1S/C9H17N3O3/c1-9(13,8(14-3)15-4)5-7-6-12(2)11-10-7/h6,8,13H,5H2,1-4H3. The van der Waals surface area contributed by atoms with Crippen LogP contribution < -0.4 is 0 Å². The third-order valence-corrected chi connectivity index (χ3v) is 2.13. The lowest BCUT2D eigenvalue weighted by Crippen LogP contribution is -2.43. The molecule has 6 heteroatoms. The fraction of sp³-hybridized carbons (Fsp3) is 0.778. The highest BCUT2D eigenvalue weighted by Crippen LogP contribution is 2.18. The van der Waals surface area contributed by atoms with Crippen LogP contribution in [0.2, 0.25) is 0 Å². The van der Waals surface area contributed by atoms with E-state index in [1.54, 1.807) is 24.9 Å². The molecule has 1 aromatic heterocycles. The fourth-order valence-electron chi connectivity index (χ4n) is 1.53. The number of hydrogen-bond donors (Lipinski definition) is 1. The van der Waals surface area contributed by atoms with Crippen LogP contribution in [0, 0.1) is 0 Å². The predicted octanol–water partition coefficient (Wildman–Crippen LogP) is -0.273. The van der Waals surface area contributed by atoms with Gasteiger partial charge in [-0.3, -0.25) is 4.68 Å². The van der Waals surface area contributed by atoms with Gasteiger partial charge in [-0.25, -0.2) is 0 Å². The van der Waals surface area contributed by atoms with E-state index >= 15 is 0 Å². The van der Waals surface area contributed by atoms with Crippen molar-refractivity contribution in [3.8, 4) is 0 Å². The van der Waals surface area contributed by atoms with Gasteiger partial charge in [0.15, 0.2) is 6.29 Å². The third-order valence-electron chi connectivity index (χ3n) is 2.13. The van der Waals surface area contributed by atoms with Crippen LogP contribution in [0.5, 0.6) is 0 Å². The topological polar surface area (TPSA) is 69.4 Å². The molecule has 1 heterocycles. The van der Waals surface area contributed by atoms with E-state index in [0.29, 0.717) is 12.1 Å². The van der Waals surface area contributed by atoms with Gasteiger partial charge in [-0.05, 0) is 6.92 Å². The van der Waals surface area contributed by atoms with Crippen molar-refractivity contribution in [3.05, 3.63) is 11.9 Å². The lowest BCUT2D eigenvalue weighted by molar-refractivity contribution is -0.207. The zero-order valence-electron chi connectivity index (χ0n) is 9.47. The highest BCUT2D eigenvalue weighted by Gasteiger charge is 2.33. The highest BCUT2D eigenvalue weighted by atomic mass is 16.7. The first kappa shape index (κ1) is 12.1. The molecular formula is C9H17N3O3. The summed E-state index contributed by atoms with van der Waals surface area (Å²) in [5.41, 5.74) is -0.430. The molecule has 0 bridgehead atoms. The van der Waals surface area contributed by atoms with E-state index in [1.165, 1.54) is 14.2 Å². The first-order chi connectivity index (χ1) is 6.99. The molecule has 1 atom stereocenters. The van der Waals surface area contributed by atoms with Crippen LogP contribution in [-0.2, 0) is 22.9 Å². The van der Waals surface area contributed by atoms with Gasteiger partial charge in [0, 0.05) is 33.9 Å². The molecule has 1 rings (SSSR count). The largest absolute Gasteiger partial charge is 0.384 e. The van der Waals surface area contributed by atoms with Crippen molar-refractivity contribution in [1.29, 1.82) is 0 Å². The van der Waals surface area contributed by atoms with E-state index in [1.807, 2.05) is 0 Å². The van der Waals surface area contributed by atoms with Crippen molar-refractivity contribution in [1.82, 2.24) is 15.0 Å². The molecule has 0 aliphatic carbocycles. The molecule has 0 aliphatic rings. The first-order valence-corrected chi connectivity index (χ1v) is 4.62. The molecule has 0 radical (unpaired) electrons. The summed E-state index contributed by atoms with van der Waals surface area (Å²) in [6.07, 6.45) is 1.39. The van der Waals surface area contributed by atoms with E-state index in [9.17, 15) is 5.11 Å². The third kappa shape index (κ3) is 2.98. The Hall–Kier alpha value is -0.980. The number of aromatic nitrogens is 3. The minimum Gasteiger partial charge on any atom is -0.384 e. The highest BCUT2D eigenvalue weighted by molar-refractivity contribution is 4.99. The van der Waals surface area contributed by atoms with E-state index in [2.05, 4.69) is 10.3 Å². The van der Waals surface area contributed by atoms with Gasteiger partial charge in [-0.1, -0.05) is 5.21 Å². The van der Waals surface area contributed by atoms with E-state index in [-0.39, 0.29) is 0 Å². The average Bonchev–Trinajstić information content (AvgIpc) is 2.51. The SMILES string of the molecule is COC(OC)C(C)(O)Cc1cn(C)nn1. The molecule has 0 aliphatic heterocycles. The summed E-state index contributed by atoms with van der Waals surface area (Å²) in [7, 11) is 4.74. The van der Waals surface area contributed by atoms with Gasteiger partial charge in [0.05, 0.1) is 5.69 Å². The molecule has 0 fully saturated rings. The Morgan fingerprint density at radius 1 is 1.53 bits per heavy atom. The molecule has 1 N–H and O–H groups in total. The zero-order valence-corrected chi connectivity index (χ0v) is 9.47. The molecule has 1 aromatic rings. The Kier molecular flexibility index (Phi) is 3.78. The summed E-state index contributed by atoms with van der Waals surface area (Å²) < 4.78 is 11.6. The van der Waals surface area contributed by atoms with Crippen molar-refractivity contribution >= 4 is 0 Å². The lowest BCUT2D eigenvalue weighted by Gasteiger charge is -2.29. The van der Waals surface area contributed by atoms with Crippen molar-refractivity contribution in [2.24, 2.45) is 7.05 Å². The molecular weight excluding hydrogens is 198 g/mol. The number of rotatable bonds is 5. The maximum absolute atomic E-state index is 10.1. The minimum absolute atomic E-state index is 0.327. The predicted molar refractivity (Wildman–Crippen MR) is 53.1 cm³/mol. The molecule has 1 unspecified atom stereocenters. The Morgan fingerprint density at radius 3 is 2.53 bits per heavy atom. The minimum atomic E-state index is -1.13. The average molecular weight is 215 g/mol. The smallest absolute Gasteiger partial charge is 0.185 e. The van der Waals surface area contributed by atoms with E-state index < -0.39 is 11.9 Å². The van der Waals surface area contributed by atoms with Gasteiger partial charge in [0.2, 0.25) is 0 Å². The Balaban J connectivity index is 2.70. The van der Waals surface area contributed by atoms with Crippen molar-refractivity contribution in [2.75, 3.05) is 14.2 Å². The molecule has 6 nitrogen and oxygen atoms in total. The van der Waals surface area contributed by atoms with Crippen LogP contribution in [0.1, 0.15) is 12.6 Å². The molecule has 0 saturated heterocycles. The summed E-state index contributed by atoms with van der Waals surface area (Å²) in [5.74, 6) is 0. The van der Waals surface area contributed by atoms with Gasteiger partial charge in [-0.15, -0.1) is 5.10 Å². The monoisotopic (exact) mass is 215 g/mol. The zero-order chi connectivity index (χ0) is 11.5. The number of aliphatic hydroxyl groups is 1. The normalized spacial score (nSPS) is 15.6. The Bertz CT molecular complexity index is 307. The van der Waals surface area contributed by atoms with E-state index in [4.69, 9.17) is 9.47 Å². The summed E-state index contributed by atoms with van der Waals surface area (Å²) in [4.78, 5) is 0. The van der Waals surface area contributed by atoms with Crippen LogP contribution in [0.3, 0.4) is 0 Å². The van der Waals surface area contributed by atoms with Crippen LogP contribution in [0.25, 0.3) is 0 Å². The molecule has 15 heavy (non-hydrogen) atoms. The van der Waals surface area contributed by atoms with Crippen LogP contribution in [-0.4, -0.2) is 46.2 Å². The summed E-state index contributed by atoms with van der Waals surface area (Å²) >= 11 is 0. The van der Waals surface area contributed by atoms with Gasteiger partial charge in [-0.2, -0.15) is 0 Å². The quantitative estimate of drug-likeness (QED) is 0.684. The fourth-order valence-corrected chi connectivity index (χ4v) is 1.53. The number of hydrogen-bond acceptors (Lipinski definition) is 5. The van der Waals surface area contributed by atoms with Gasteiger partial charge >= 0.3 is 0 Å². The number of ether oxygens (including phenoxy) is 2. The Morgan fingerprint density at radius 2 is 2.13 bits per heavy atom. The number of nitrogens with zero attached hydrogens (tertiary/aromatic N) is 3. The molecule has 0 saturated carbocycles. The van der Waals surface area contributed by atoms with Crippen molar-refractivity contribution in [2.45, 2.75) is 25.2 Å². The van der Waals surface area contributed by atoms with Crippen LogP contribution in [0.15, 0.2) is 6.20 Å². The second kappa shape index (κ2) is 4.69. The number of aryl methyl sites for hydroxylation is 1. The summed E-state index contributed by atoms with van der Waals surface area (Å²) in [5, 5.41) is 17.8. The van der Waals surface area contributed by atoms with Crippen LogP contribution >= 0.6 is 0 Å². The van der Waals surface area contributed by atoms with Gasteiger partial charge in [0.1, 0.15) is 5.60 Å². The maximum Gasteiger partial charge on any atom is 0.185 e. The molecule has 86 valence electrons. The molecule has 0 amide bonds. The Labute approximate surface area is 88.8 Å².